The summed E-state index contributed by atoms with van der Waals surface area (Å²) < 4.78 is 83.3. The van der Waals surface area contributed by atoms with Crippen molar-refractivity contribution in [2.45, 2.75) is 176 Å². The largest absolute Gasteiger partial charge is 0.464 e. The van der Waals surface area contributed by atoms with Crippen molar-refractivity contribution in [3.05, 3.63) is 0 Å². The number of esters is 9. The quantitative estimate of drug-likeness (QED) is 0.0130. The Morgan fingerprint density at radius 1 is 0.231 bits per heavy atom. The van der Waals surface area contributed by atoms with Gasteiger partial charge in [-0.05, 0) is 239 Å². The van der Waals surface area contributed by atoms with Gasteiger partial charge in [-0.25, -0.2) is 0 Å². The Labute approximate surface area is 869 Å². The van der Waals surface area contributed by atoms with Gasteiger partial charge in [0.25, 0.3) is 0 Å². The number of carbonyl (C=O) groups is 16. The summed E-state index contributed by atoms with van der Waals surface area (Å²) in [5.41, 5.74) is -9.06. The first-order valence-corrected chi connectivity index (χ1v) is 60.5. The van der Waals surface area contributed by atoms with E-state index in [1.807, 2.05) is 33.3 Å². The van der Waals surface area contributed by atoms with E-state index in [0.29, 0.717) is 124 Å². The fourth-order valence-corrected chi connectivity index (χ4v) is 21.6. The van der Waals surface area contributed by atoms with Crippen molar-refractivity contribution in [2.24, 2.45) is 76.1 Å². The molecule has 0 radical (unpaired) electrons. The summed E-state index contributed by atoms with van der Waals surface area (Å²) in [6.07, 6.45) is 5.35. The molecule has 9 N–H and O–H groups in total. The predicted molar refractivity (Wildman–Crippen MR) is 577 cm³/mol. The fraction of sp³-hybridized carbons (Fsp3) is 0.833. The normalized spacial score (nSPS) is 14.0. The summed E-state index contributed by atoms with van der Waals surface area (Å²) in [5.74, 6) is -9.72. The number of carbonyl (C=O) groups excluding carboxylic acids is 16. The summed E-state index contributed by atoms with van der Waals surface area (Å²) in [5, 5.41) is 19.2. The van der Waals surface area contributed by atoms with Crippen LogP contribution in [0, 0.1) is 70.4 Å². The second kappa shape index (κ2) is 69.6. The van der Waals surface area contributed by atoms with Gasteiger partial charge in [-0.3, -0.25) is 76.7 Å². The van der Waals surface area contributed by atoms with Crippen LogP contribution < -0.4 is 43.0 Å². The molecule has 0 spiro atoms. The van der Waals surface area contributed by atoms with Gasteiger partial charge in [-0.15, -0.1) is 79.9 Å². The summed E-state index contributed by atoms with van der Waals surface area (Å²) in [6, 6.07) is 0. The van der Waals surface area contributed by atoms with E-state index in [2.05, 4.69) is 74.2 Å². The number of rotatable bonds is 82. The molecule has 828 valence electrons. The highest BCUT2D eigenvalue weighted by molar-refractivity contribution is 7.38. The molecule has 0 aromatic rings. The molecule has 0 heterocycles. The van der Waals surface area contributed by atoms with Crippen LogP contribution in [0.3, 0.4) is 0 Å². The second-order valence-electron chi connectivity index (χ2n) is 42.6. The fourth-order valence-electron chi connectivity index (χ4n) is 13.5. The lowest BCUT2D eigenvalue weighted by Crippen LogP contribution is -2.54. The van der Waals surface area contributed by atoms with Crippen LogP contribution >= 0.6 is 79.9 Å². The van der Waals surface area contributed by atoms with Crippen LogP contribution in [0.5, 0.6) is 0 Å². The number of nitrogens with one attached hydrogen (secondary N) is 7. The van der Waals surface area contributed by atoms with Crippen molar-refractivity contribution in [2.75, 3.05) is 267 Å². The van der Waals surface area contributed by atoms with E-state index in [-0.39, 0.29) is 110 Å². The molecule has 9 unspecified atom stereocenters. The van der Waals surface area contributed by atoms with E-state index in [9.17, 15) is 76.7 Å². The van der Waals surface area contributed by atoms with Crippen LogP contribution in [0.4, 0.5) is 0 Å². The van der Waals surface area contributed by atoms with Gasteiger partial charge in [0.15, 0.2) is 0 Å². The predicted octanol–water partition coefficient (Wildman–Crippen LogP) is 7.07. The highest BCUT2D eigenvalue weighted by Crippen LogP contribution is 2.38. The topological polar surface area (TPSA) is 513 Å². The number of ether oxygens (including phenoxy) is 14. The lowest BCUT2D eigenvalue weighted by Gasteiger charge is -2.35. The maximum absolute atomic E-state index is 14.2. The maximum Gasteiger partial charge on any atom is 0.311 e. The zero-order valence-corrected chi connectivity index (χ0v) is 99.4. The Balaban J connectivity index is 7.96. The molecule has 0 aromatic carbocycles. The van der Waals surface area contributed by atoms with Gasteiger partial charge >= 0.3 is 53.7 Å². The van der Waals surface area contributed by atoms with Crippen molar-refractivity contribution in [1.29, 1.82) is 0 Å². The monoisotopic (exact) mass is 2200 g/mol. The second-order valence-corrected chi connectivity index (χ2v) is 50.2. The maximum atomic E-state index is 14.2. The summed E-state index contributed by atoms with van der Waals surface area (Å²) in [4.78, 5) is 221. The van der Waals surface area contributed by atoms with Gasteiger partial charge in [0, 0.05) is 83.5 Å². The van der Waals surface area contributed by atoms with E-state index in [1.165, 1.54) is 0 Å². The Bertz CT molecular complexity index is 3340. The summed E-state index contributed by atoms with van der Waals surface area (Å²) in [7, 11) is 12.3. The molecule has 0 aliphatic carbocycles. The van der Waals surface area contributed by atoms with Gasteiger partial charge < -0.3 is 109 Å². The van der Waals surface area contributed by atoms with Crippen LogP contribution in [0.2, 0.25) is 0 Å². The zero-order chi connectivity index (χ0) is 109. The molecule has 0 saturated carbocycles. The number of hydrogen-bond donors (Lipinski definition) is 8. The molecule has 38 nitrogen and oxygen atoms in total. The van der Waals surface area contributed by atoms with Crippen molar-refractivity contribution in [1.82, 2.24) is 37.2 Å². The van der Waals surface area contributed by atoms with E-state index < -0.39 is 259 Å². The van der Waals surface area contributed by atoms with Gasteiger partial charge in [0.2, 0.25) is 41.4 Å². The minimum atomic E-state index is -1.55. The van der Waals surface area contributed by atoms with Gasteiger partial charge in [-0.1, -0.05) is 0 Å². The molecular weight excluding hydrogens is 2020 g/mol. The molecule has 0 aliphatic rings. The minimum Gasteiger partial charge on any atom is -0.464 e. The first-order chi connectivity index (χ1) is 66.6. The van der Waals surface area contributed by atoms with Crippen LogP contribution in [0.25, 0.3) is 0 Å². The average molecular weight is 2200 g/mol. The van der Waals surface area contributed by atoms with Crippen LogP contribution in [0.15, 0.2) is 0 Å². The lowest BCUT2D eigenvalue weighted by molar-refractivity contribution is -0.180. The molecule has 0 fully saturated rings. The van der Waals surface area contributed by atoms with E-state index >= 15 is 0 Å². The number of nitrogens with two attached hydrogens (primary N) is 1. The molecule has 0 aliphatic heterocycles. The van der Waals surface area contributed by atoms with Gasteiger partial charge in [0.05, 0.1) is 111 Å². The minimum absolute atomic E-state index is 0.0132. The molecular formula is C96H179N8O30P9. The van der Waals surface area contributed by atoms with Crippen molar-refractivity contribution in [3.63, 3.8) is 0 Å². The van der Waals surface area contributed by atoms with Gasteiger partial charge in [0.1, 0.15) is 79.3 Å². The van der Waals surface area contributed by atoms with E-state index in [0.717, 1.165) is 0 Å². The first-order valence-electron chi connectivity index (χ1n) is 48.7. The SMILES string of the molecule is CPCC(C)(C)C(=O)OCC(COCC(=O)NCCC(=O)NCC(CNC(=O)CCNC(=O)COCC(COC(=O)C(C)(C)CCP)(COC(=O)C(C)(C)CPC)COC(=O)C(C)(C)CPC)(CNC(=O)CCNC(=O)COCC(COC(=O)C(C)(C)CCP)(COC(=O)C(C)(C)CPC)COC(=O)C(C)(C)CPC)COCCNC(=O)CCOCCN)(COC(=O)C(C)(C)CCP)COC(=O)C(C)(C)CCP. The third-order valence-corrected chi connectivity index (χ3v) is 30.7. The Kier molecular flexibility index (Phi) is 67.2. The Morgan fingerprint density at radius 3 is 0.643 bits per heavy atom. The number of amides is 7. The van der Waals surface area contributed by atoms with Crippen LogP contribution in [0.1, 0.15) is 176 Å². The Hall–Kier alpha value is -4.85. The molecule has 0 rings (SSSR count). The number of hydrogen-bond acceptors (Lipinski definition) is 31. The molecule has 0 saturated heterocycles. The van der Waals surface area contributed by atoms with E-state index in [4.69, 9.17) is 72.0 Å². The third kappa shape index (κ3) is 56.2. The molecule has 47 heteroatoms. The van der Waals surface area contributed by atoms with Crippen molar-refractivity contribution in [3.8, 4) is 0 Å². The van der Waals surface area contributed by atoms with Crippen molar-refractivity contribution < 1.29 is 143 Å². The Morgan fingerprint density at radius 2 is 0.434 bits per heavy atom. The lowest BCUT2D eigenvalue weighted by atomic mass is 9.88. The molecule has 0 bridgehead atoms. The molecule has 7 amide bonds. The standard InChI is InChI=1S/C96H179N8O30P9/c1-84(2,28-40-135)75(112)126-54-94(55-127-76(113)85(3,4)29-41-136,58-130-79(116)88(9,10)63-139-19)51-123-44-72(109)98-33-24-68(105)102-47-93(50-122-39-36-101-71(108)27-37-121-38-32-97,48-103-69(106)25-34-99-73(110)45-124-52-95(56-128-77(114)86(5,6)30-42-137,59-131-80(117)89(11,12)64-140-20)60-132-81(118)90(13,14)65-141-21)49-104-70(107)26-35-100-74(111)46-125-53-96(57-129-78(115)87(7,8)31-43-138,61-133-82(119)91(15,16)66-142-22)62-134-83(120)92(17,18)67-143-23/h139-143H,24-67,97,135-138H2,1-23H3,(H,98,109)(H,99,110)(H,100,111)(H,101,108)(H,102,105)(H,103,106)(H,104,107). The summed E-state index contributed by atoms with van der Waals surface area (Å²) >= 11 is 0. The van der Waals surface area contributed by atoms with E-state index in [1.54, 1.807) is 125 Å². The molecule has 143 heavy (non-hydrogen) atoms. The third-order valence-electron chi connectivity index (χ3n) is 23.4. The molecule has 9 atom stereocenters. The highest BCUT2D eigenvalue weighted by Gasteiger charge is 2.47. The first kappa shape index (κ1) is 138. The van der Waals surface area contributed by atoms with Crippen LogP contribution in [-0.2, 0) is 143 Å². The average Bonchev–Trinajstić information content (AvgIpc) is 0.829. The smallest absolute Gasteiger partial charge is 0.311 e. The van der Waals surface area contributed by atoms with Crippen molar-refractivity contribution >= 4 is 175 Å². The van der Waals surface area contributed by atoms with Crippen LogP contribution in [-0.4, -0.2) is 362 Å². The zero-order valence-electron chi connectivity index (χ0n) is 89.7. The molecule has 0 aromatic heterocycles. The summed E-state index contributed by atoms with van der Waals surface area (Å²) in [6.45, 7) is 31.4. The highest BCUT2D eigenvalue weighted by atomic mass is 31.1. The van der Waals surface area contributed by atoms with Gasteiger partial charge in [-0.2, -0.15) is 0 Å².